The van der Waals surface area contributed by atoms with Crippen LogP contribution in [0.2, 0.25) is 0 Å². The molecule has 0 radical (unpaired) electrons. The molecule has 4 heterocycles. The highest BCUT2D eigenvalue weighted by molar-refractivity contribution is 6.22. The van der Waals surface area contributed by atoms with Crippen molar-refractivity contribution < 1.29 is 14.4 Å². The lowest BCUT2D eigenvalue weighted by molar-refractivity contribution is -0.138. The van der Waals surface area contributed by atoms with Crippen LogP contribution >= 0.6 is 0 Å². The van der Waals surface area contributed by atoms with E-state index in [0.717, 1.165) is 30.8 Å². The van der Waals surface area contributed by atoms with Crippen LogP contribution in [0.4, 0.5) is 10.5 Å². The molecule has 174 valence electrons. The van der Waals surface area contributed by atoms with Crippen molar-refractivity contribution in [1.29, 1.82) is 0 Å². The van der Waals surface area contributed by atoms with Gasteiger partial charge in [-0.3, -0.25) is 14.5 Å². The molecule has 7 nitrogen and oxygen atoms in total. The largest absolute Gasteiger partial charge is 0.336 e. The Morgan fingerprint density at radius 3 is 2.76 bits per heavy atom. The van der Waals surface area contributed by atoms with Crippen LogP contribution in [0.5, 0.6) is 0 Å². The molecular weight excluding hydrogens is 416 g/mol. The van der Waals surface area contributed by atoms with E-state index >= 15 is 0 Å². The Hall–Kier alpha value is -2.67. The van der Waals surface area contributed by atoms with Crippen molar-refractivity contribution in [2.75, 3.05) is 24.5 Å². The van der Waals surface area contributed by atoms with Crippen molar-refractivity contribution in [3.8, 4) is 0 Å². The number of piperidine rings is 3. The van der Waals surface area contributed by atoms with E-state index in [9.17, 15) is 14.4 Å². The van der Waals surface area contributed by atoms with Gasteiger partial charge in [0.15, 0.2) is 0 Å². The van der Waals surface area contributed by atoms with Gasteiger partial charge in [-0.15, -0.1) is 0 Å². The molecule has 0 spiro atoms. The molecule has 33 heavy (non-hydrogen) atoms. The van der Waals surface area contributed by atoms with Gasteiger partial charge in [-0.25, -0.2) is 9.69 Å². The van der Waals surface area contributed by atoms with Gasteiger partial charge in [0.25, 0.3) is 5.91 Å². The summed E-state index contributed by atoms with van der Waals surface area (Å²) in [7, 11) is 0. The van der Waals surface area contributed by atoms with E-state index in [1.807, 2.05) is 11.0 Å². The number of imide groups is 1. The highest BCUT2D eigenvalue weighted by Gasteiger charge is 2.48. The van der Waals surface area contributed by atoms with Crippen LogP contribution < -0.4 is 10.2 Å². The zero-order valence-electron chi connectivity index (χ0n) is 19.0. The van der Waals surface area contributed by atoms with Gasteiger partial charge in [-0.05, 0) is 62.6 Å². The van der Waals surface area contributed by atoms with Crippen LogP contribution in [-0.2, 0) is 9.59 Å². The van der Waals surface area contributed by atoms with Gasteiger partial charge in [0.1, 0.15) is 6.04 Å². The number of nitrogens with zero attached hydrogens (tertiary/aromatic N) is 3. The normalized spacial score (nSPS) is 33.8. The summed E-state index contributed by atoms with van der Waals surface area (Å²) in [6, 6.07) is 8.49. The quantitative estimate of drug-likeness (QED) is 0.570. The molecular formula is C26H32N4O3. The third-order valence-electron chi connectivity index (χ3n) is 8.39. The van der Waals surface area contributed by atoms with E-state index < -0.39 is 12.1 Å². The van der Waals surface area contributed by atoms with Crippen molar-refractivity contribution in [2.45, 2.75) is 63.1 Å². The zero-order chi connectivity index (χ0) is 22.5. The number of fused-ring (bicyclic) bond motifs is 6. The number of hydrogen-bond acceptors (Lipinski definition) is 4. The summed E-state index contributed by atoms with van der Waals surface area (Å²) in [4.78, 5) is 44.9. The second kappa shape index (κ2) is 8.28. The van der Waals surface area contributed by atoms with Gasteiger partial charge >= 0.3 is 6.03 Å². The predicted molar refractivity (Wildman–Crippen MR) is 124 cm³/mol. The summed E-state index contributed by atoms with van der Waals surface area (Å²) in [5.41, 5.74) is 1.98. The lowest BCUT2D eigenvalue weighted by Crippen LogP contribution is -2.60. The summed E-state index contributed by atoms with van der Waals surface area (Å²) >= 11 is 0. The van der Waals surface area contributed by atoms with Crippen molar-refractivity contribution in [3.05, 3.63) is 42.0 Å². The molecule has 1 aromatic rings. The van der Waals surface area contributed by atoms with Crippen LogP contribution in [0, 0.1) is 11.8 Å². The first-order valence-corrected chi connectivity index (χ1v) is 12.5. The van der Waals surface area contributed by atoms with Gasteiger partial charge < -0.3 is 10.2 Å². The number of nitrogens with one attached hydrogen (secondary N) is 1. The van der Waals surface area contributed by atoms with Gasteiger partial charge in [0.2, 0.25) is 5.91 Å². The molecule has 7 heteroatoms. The summed E-state index contributed by atoms with van der Waals surface area (Å²) in [6.07, 6.45) is 9.67. The number of carbonyl (C=O) groups excluding carboxylic acids is 3. The lowest BCUT2D eigenvalue weighted by Gasteiger charge is -2.54. The summed E-state index contributed by atoms with van der Waals surface area (Å²) < 4.78 is 0. The molecule has 5 aliphatic rings. The topological polar surface area (TPSA) is 73.0 Å². The number of carbonyl (C=O) groups is 3. The molecule has 1 aromatic carbocycles. The molecule has 4 amide bonds. The van der Waals surface area contributed by atoms with E-state index in [4.69, 9.17) is 0 Å². The molecule has 1 aliphatic carbocycles. The molecule has 0 unspecified atom stereocenters. The summed E-state index contributed by atoms with van der Waals surface area (Å²) in [5.74, 6) is 0.743. The molecule has 0 saturated carbocycles. The molecule has 1 N–H and O–H groups in total. The number of benzene rings is 1. The Morgan fingerprint density at radius 1 is 1.06 bits per heavy atom. The first kappa shape index (κ1) is 20.9. The second-order valence-electron chi connectivity index (χ2n) is 10.3. The highest BCUT2D eigenvalue weighted by Crippen LogP contribution is 2.45. The number of anilines is 1. The molecule has 0 aromatic heterocycles. The second-order valence-corrected chi connectivity index (χ2v) is 10.3. The number of urea groups is 1. The molecule has 4 fully saturated rings. The first-order chi connectivity index (χ1) is 16.1. The minimum atomic E-state index is -0.797. The van der Waals surface area contributed by atoms with Crippen molar-refractivity contribution >= 4 is 23.5 Å². The third-order valence-corrected chi connectivity index (χ3v) is 8.39. The fourth-order valence-electron chi connectivity index (χ4n) is 7.04. The van der Waals surface area contributed by atoms with E-state index in [1.165, 1.54) is 37.8 Å². The Morgan fingerprint density at radius 2 is 1.91 bits per heavy atom. The number of rotatable bonds is 3. The fourth-order valence-corrected chi connectivity index (χ4v) is 7.04. The van der Waals surface area contributed by atoms with Gasteiger partial charge in [-0.1, -0.05) is 36.3 Å². The zero-order valence-corrected chi connectivity index (χ0v) is 19.0. The molecule has 6 rings (SSSR count). The van der Waals surface area contributed by atoms with Crippen molar-refractivity contribution in [3.63, 3.8) is 0 Å². The van der Waals surface area contributed by atoms with E-state index in [2.05, 4.69) is 16.3 Å². The maximum absolute atomic E-state index is 13.5. The van der Waals surface area contributed by atoms with E-state index in [0.29, 0.717) is 23.6 Å². The average molecular weight is 449 g/mol. The molecule has 4 aliphatic heterocycles. The maximum atomic E-state index is 13.5. The summed E-state index contributed by atoms with van der Waals surface area (Å²) in [6.45, 7) is 3.00. The highest BCUT2D eigenvalue weighted by atomic mass is 16.2. The average Bonchev–Trinajstić information content (AvgIpc) is 3.11. The van der Waals surface area contributed by atoms with Gasteiger partial charge in [0, 0.05) is 19.1 Å². The van der Waals surface area contributed by atoms with Crippen molar-refractivity contribution in [2.24, 2.45) is 11.8 Å². The van der Waals surface area contributed by atoms with Gasteiger partial charge in [-0.2, -0.15) is 0 Å². The molecule has 4 saturated heterocycles. The SMILES string of the molecule is O=C1N[C@H](CC(=O)N2CCCC3=C[C@@H]4C[C@H](CN5CCCC[C@@H]45)[C@H]32)C(=O)N1c1ccccc1. The van der Waals surface area contributed by atoms with Gasteiger partial charge in [0.05, 0.1) is 18.2 Å². The van der Waals surface area contributed by atoms with Crippen LogP contribution in [-0.4, -0.2) is 65.4 Å². The number of amides is 4. The Balaban J connectivity index is 1.19. The van der Waals surface area contributed by atoms with Crippen LogP contribution in [0.3, 0.4) is 0 Å². The Kier molecular flexibility index (Phi) is 5.24. The first-order valence-electron chi connectivity index (χ1n) is 12.5. The molecule has 2 bridgehead atoms. The maximum Gasteiger partial charge on any atom is 0.329 e. The van der Waals surface area contributed by atoms with Crippen LogP contribution in [0.25, 0.3) is 0 Å². The summed E-state index contributed by atoms with van der Waals surface area (Å²) in [5, 5.41) is 2.74. The minimum absolute atomic E-state index is 0.0154. The third kappa shape index (κ3) is 3.57. The Bertz CT molecular complexity index is 993. The van der Waals surface area contributed by atoms with Crippen LogP contribution in [0.15, 0.2) is 42.0 Å². The number of para-hydroxylation sites is 1. The Labute approximate surface area is 194 Å². The van der Waals surface area contributed by atoms with E-state index in [1.54, 1.807) is 24.3 Å². The smallest absolute Gasteiger partial charge is 0.329 e. The predicted octanol–water partition coefficient (Wildman–Crippen LogP) is 2.92. The van der Waals surface area contributed by atoms with E-state index in [-0.39, 0.29) is 24.3 Å². The standard InChI is InChI=1S/C26H32N4O3/c31-23(15-21-25(32)30(26(33)27-21)20-8-2-1-3-9-20)29-12-6-7-17-13-18-14-19(24(17)29)16-28-11-5-4-10-22(18)28/h1-3,8-9,13,18-19,21-22,24H,4-7,10-12,14-16H2,(H,27,33)/t18-,19-,21-,22+,24+/m1/s1. The fraction of sp³-hybridized carbons (Fsp3) is 0.577. The molecule has 5 atom stereocenters. The minimum Gasteiger partial charge on any atom is -0.336 e. The van der Waals surface area contributed by atoms with Crippen molar-refractivity contribution in [1.82, 2.24) is 15.1 Å². The number of hydrogen-bond donors (Lipinski definition) is 1. The van der Waals surface area contributed by atoms with Crippen LogP contribution in [0.1, 0.15) is 44.9 Å². The number of likely N-dealkylation sites (tertiary alicyclic amines) is 1. The lowest BCUT2D eigenvalue weighted by atomic mass is 9.68. The monoisotopic (exact) mass is 448 g/mol.